The summed E-state index contributed by atoms with van der Waals surface area (Å²) in [6, 6.07) is 27.2. The Labute approximate surface area is 196 Å². The first kappa shape index (κ1) is 20.8. The molecule has 1 aliphatic rings. The fourth-order valence-corrected chi connectivity index (χ4v) is 3.86. The first-order valence-electron chi connectivity index (χ1n) is 10.5. The zero-order valence-corrected chi connectivity index (χ0v) is 18.4. The van der Waals surface area contributed by atoms with Crippen LogP contribution in [0.5, 0.6) is 0 Å². The van der Waals surface area contributed by atoms with E-state index < -0.39 is 0 Å². The van der Waals surface area contributed by atoms with Gasteiger partial charge in [-0.1, -0.05) is 84.4 Å². The first-order valence-corrected chi connectivity index (χ1v) is 10.9. The molecule has 6 nitrogen and oxygen atoms in total. The van der Waals surface area contributed by atoms with Gasteiger partial charge in [-0.15, -0.1) is 5.10 Å². The Morgan fingerprint density at radius 3 is 2.39 bits per heavy atom. The highest BCUT2D eigenvalue weighted by Gasteiger charge is 2.28. The molecule has 0 spiro atoms. The van der Waals surface area contributed by atoms with Gasteiger partial charge in [0.1, 0.15) is 0 Å². The van der Waals surface area contributed by atoms with Crippen LogP contribution >= 0.6 is 11.6 Å². The lowest BCUT2D eigenvalue weighted by Crippen LogP contribution is -2.21. The zero-order valence-electron chi connectivity index (χ0n) is 17.6. The van der Waals surface area contributed by atoms with Crippen LogP contribution in [0.2, 0.25) is 5.02 Å². The average Bonchev–Trinajstić information content (AvgIpc) is 3.26. The number of benzene rings is 3. The summed E-state index contributed by atoms with van der Waals surface area (Å²) in [5.41, 5.74) is 3.92. The van der Waals surface area contributed by atoms with Gasteiger partial charge in [0.25, 0.3) is 17.8 Å². The number of nitrogens with one attached hydrogen (secondary N) is 1. The van der Waals surface area contributed by atoms with Gasteiger partial charge in [0, 0.05) is 17.5 Å². The molecule has 0 saturated heterocycles. The summed E-state index contributed by atoms with van der Waals surface area (Å²) in [4.78, 5) is 21.7. The van der Waals surface area contributed by atoms with Crippen molar-refractivity contribution in [2.75, 3.05) is 5.32 Å². The van der Waals surface area contributed by atoms with Crippen LogP contribution in [0.4, 0.5) is 11.9 Å². The Morgan fingerprint density at radius 2 is 1.67 bits per heavy atom. The van der Waals surface area contributed by atoms with Crippen molar-refractivity contribution in [3.8, 4) is 0 Å². The molecule has 2 heterocycles. The molecule has 1 atom stereocenters. The Bertz CT molecular complexity index is 1330. The van der Waals surface area contributed by atoms with E-state index in [-0.39, 0.29) is 17.9 Å². The summed E-state index contributed by atoms with van der Waals surface area (Å²) in [7, 11) is 0. The van der Waals surface area contributed by atoms with E-state index in [0.717, 1.165) is 22.4 Å². The predicted octanol–water partition coefficient (Wildman–Crippen LogP) is 5.70. The van der Waals surface area contributed by atoms with E-state index >= 15 is 0 Å². The number of anilines is 1. The Morgan fingerprint density at radius 1 is 0.970 bits per heavy atom. The summed E-state index contributed by atoms with van der Waals surface area (Å²) >= 11 is 6.10. The molecular weight excluding hydrogens is 434 g/mol. The van der Waals surface area contributed by atoms with E-state index in [0.29, 0.717) is 17.4 Å². The van der Waals surface area contributed by atoms with Gasteiger partial charge in [-0.3, -0.25) is 10.1 Å². The molecule has 5 rings (SSSR count). The molecule has 0 fully saturated rings. The van der Waals surface area contributed by atoms with Crippen LogP contribution in [0.25, 0.3) is 6.08 Å². The SMILES string of the molecule is O=C(/C=C/c1ccccc1)Nc1nc2n(n1)C(c1ccc(Cl)cc1)CC(c1ccccc1)=N2. The van der Waals surface area contributed by atoms with Crippen LogP contribution < -0.4 is 5.32 Å². The summed E-state index contributed by atoms with van der Waals surface area (Å²) in [5.74, 6) is 0.351. The van der Waals surface area contributed by atoms with Crippen LogP contribution in [0, 0.1) is 0 Å². The number of carbonyl (C=O) groups excluding carboxylic acids is 1. The van der Waals surface area contributed by atoms with Crippen LogP contribution in [0.15, 0.2) is 96.0 Å². The summed E-state index contributed by atoms with van der Waals surface area (Å²) in [5, 5.41) is 7.97. The quantitative estimate of drug-likeness (QED) is 0.394. The number of rotatable bonds is 5. The number of carbonyl (C=O) groups is 1. The molecule has 1 amide bonds. The maximum atomic E-state index is 12.4. The van der Waals surface area contributed by atoms with Gasteiger partial charge in [0.15, 0.2) is 0 Å². The average molecular weight is 454 g/mol. The third kappa shape index (κ3) is 4.76. The minimum Gasteiger partial charge on any atom is -0.290 e. The van der Waals surface area contributed by atoms with Crippen molar-refractivity contribution >= 4 is 41.2 Å². The lowest BCUT2D eigenvalue weighted by Gasteiger charge is -2.23. The number of fused-ring (bicyclic) bond motifs is 1. The highest BCUT2D eigenvalue weighted by Crippen LogP contribution is 2.34. The minimum atomic E-state index is -0.308. The van der Waals surface area contributed by atoms with Crippen molar-refractivity contribution in [2.45, 2.75) is 12.5 Å². The van der Waals surface area contributed by atoms with Crippen LogP contribution in [0.3, 0.4) is 0 Å². The topological polar surface area (TPSA) is 72.2 Å². The maximum Gasteiger partial charge on any atom is 0.250 e. The molecule has 162 valence electrons. The molecule has 4 aromatic rings. The van der Waals surface area contributed by atoms with Gasteiger partial charge in [0.05, 0.1) is 11.8 Å². The number of hydrogen-bond acceptors (Lipinski definition) is 4. The molecule has 7 heteroatoms. The largest absolute Gasteiger partial charge is 0.290 e. The third-order valence-corrected chi connectivity index (χ3v) is 5.61. The van der Waals surface area contributed by atoms with Crippen molar-refractivity contribution in [1.29, 1.82) is 0 Å². The molecule has 0 radical (unpaired) electrons. The number of hydrogen-bond donors (Lipinski definition) is 1. The number of aromatic nitrogens is 3. The smallest absolute Gasteiger partial charge is 0.250 e. The van der Waals surface area contributed by atoms with E-state index in [1.807, 2.05) is 84.9 Å². The highest BCUT2D eigenvalue weighted by molar-refractivity contribution is 6.30. The summed E-state index contributed by atoms with van der Waals surface area (Å²) in [6.07, 6.45) is 3.85. The predicted molar refractivity (Wildman–Crippen MR) is 131 cm³/mol. The fraction of sp³-hybridized carbons (Fsp3) is 0.0769. The van der Waals surface area contributed by atoms with E-state index in [4.69, 9.17) is 16.6 Å². The maximum absolute atomic E-state index is 12.4. The number of nitrogens with zero attached hydrogens (tertiary/aromatic N) is 4. The second kappa shape index (κ2) is 9.22. The zero-order chi connectivity index (χ0) is 22.6. The second-order valence-corrected chi connectivity index (χ2v) is 8.05. The van der Waals surface area contributed by atoms with Crippen molar-refractivity contribution in [2.24, 2.45) is 4.99 Å². The van der Waals surface area contributed by atoms with Gasteiger partial charge in [-0.05, 0) is 34.9 Å². The van der Waals surface area contributed by atoms with E-state index in [9.17, 15) is 4.79 Å². The summed E-state index contributed by atoms with van der Waals surface area (Å²) < 4.78 is 1.76. The Kier molecular flexibility index (Phi) is 5.83. The van der Waals surface area contributed by atoms with Crippen molar-refractivity contribution < 1.29 is 4.79 Å². The number of amides is 1. The number of halogens is 1. The molecular formula is C26H20ClN5O. The molecule has 1 aromatic heterocycles. The number of aliphatic imine (C=N–C) groups is 1. The lowest BCUT2D eigenvalue weighted by atomic mass is 9.96. The molecule has 0 bridgehead atoms. The molecule has 33 heavy (non-hydrogen) atoms. The first-order chi connectivity index (χ1) is 16.2. The van der Waals surface area contributed by atoms with Crippen LogP contribution in [-0.2, 0) is 4.79 Å². The van der Waals surface area contributed by atoms with Gasteiger partial charge >= 0.3 is 0 Å². The van der Waals surface area contributed by atoms with E-state index in [1.54, 1.807) is 10.8 Å². The van der Waals surface area contributed by atoms with Gasteiger partial charge in [-0.2, -0.15) is 4.98 Å². The Balaban J connectivity index is 1.45. The molecule has 3 aromatic carbocycles. The van der Waals surface area contributed by atoms with Gasteiger partial charge in [-0.25, -0.2) is 9.67 Å². The normalized spacial score (nSPS) is 15.2. The lowest BCUT2D eigenvalue weighted by molar-refractivity contribution is -0.111. The van der Waals surface area contributed by atoms with Crippen molar-refractivity contribution in [1.82, 2.24) is 14.8 Å². The summed E-state index contributed by atoms with van der Waals surface area (Å²) in [6.45, 7) is 0. The fourth-order valence-electron chi connectivity index (χ4n) is 3.73. The molecule has 0 aliphatic carbocycles. The van der Waals surface area contributed by atoms with E-state index in [2.05, 4.69) is 15.4 Å². The van der Waals surface area contributed by atoms with Crippen molar-refractivity contribution in [3.05, 3.63) is 113 Å². The third-order valence-electron chi connectivity index (χ3n) is 5.35. The molecule has 1 unspecified atom stereocenters. The Hall–Kier alpha value is -4.03. The monoisotopic (exact) mass is 453 g/mol. The molecule has 1 aliphatic heterocycles. The van der Waals surface area contributed by atoms with Crippen LogP contribution in [0.1, 0.15) is 29.2 Å². The van der Waals surface area contributed by atoms with Crippen LogP contribution in [-0.4, -0.2) is 26.4 Å². The van der Waals surface area contributed by atoms with Gasteiger partial charge < -0.3 is 0 Å². The molecule has 0 saturated carbocycles. The second-order valence-electron chi connectivity index (χ2n) is 7.61. The van der Waals surface area contributed by atoms with Gasteiger partial charge in [0.2, 0.25) is 0 Å². The minimum absolute atomic E-state index is 0.122. The van der Waals surface area contributed by atoms with Crippen molar-refractivity contribution in [3.63, 3.8) is 0 Å². The standard InChI is InChI=1S/C26H20ClN5O/c27-21-14-12-20(13-15-21)23-17-22(19-9-5-2-6-10-19)28-26-30-25(31-32(23)26)29-24(33)16-11-18-7-3-1-4-8-18/h1-16,23H,17H2,(H,29,31,33)/b16-11+. The highest BCUT2D eigenvalue weighted by atomic mass is 35.5. The van der Waals surface area contributed by atoms with E-state index in [1.165, 1.54) is 6.08 Å². The molecule has 1 N–H and O–H groups in total.